The number of alkyl halides is 3. The number of carbonyl (C=O) groups excluding carboxylic acids is 1. The van der Waals surface area contributed by atoms with Gasteiger partial charge in [-0.1, -0.05) is 29.4 Å². The molecule has 1 heterocycles. The number of oxime groups is 1. The molecule has 0 bridgehead atoms. The summed E-state index contributed by atoms with van der Waals surface area (Å²) in [6.45, 7) is 1.40. The van der Waals surface area contributed by atoms with Crippen LogP contribution in [-0.4, -0.2) is 35.9 Å². The Kier molecular flexibility index (Phi) is 7.29. The largest absolute Gasteiger partial charge is 0.503 e. The van der Waals surface area contributed by atoms with Crippen LogP contribution in [0.3, 0.4) is 0 Å². The highest BCUT2D eigenvalue weighted by molar-refractivity contribution is 6.16. The zero-order valence-electron chi connectivity index (χ0n) is 15.9. The van der Waals surface area contributed by atoms with E-state index in [1.807, 2.05) is 0 Å². The number of benzene rings is 1. The molecule has 0 N–H and O–H groups in total. The van der Waals surface area contributed by atoms with E-state index in [1.54, 1.807) is 24.3 Å². The Labute approximate surface area is 164 Å². The first-order valence-corrected chi connectivity index (χ1v) is 8.23. The Balaban J connectivity index is 2.21. The molecule has 154 valence electrons. The highest BCUT2D eigenvalue weighted by Gasteiger charge is 2.33. The van der Waals surface area contributed by atoms with Gasteiger partial charge < -0.3 is 14.3 Å². The summed E-state index contributed by atoms with van der Waals surface area (Å²) in [5.74, 6) is -0.598. The maximum Gasteiger partial charge on any atom is 0.433 e. The van der Waals surface area contributed by atoms with Gasteiger partial charge in [-0.15, -0.1) is 0 Å². The van der Waals surface area contributed by atoms with Gasteiger partial charge in [-0.05, 0) is 18.6 Å². The number of halogens is 3. The fourth-order valence-corrected chi connectivity index (χ4v) is 2.31. The van der Waals surface area contributed by atoms with Crippen molar-refractivity contribution in [2.45, 2.75) is 19.7 Å². The number of aromatic nitrogens is 2. The predicted octanol–water partition coefficient (Wildman–Crippen LogP) is 3.60. The van der Waals surface area contributed by atoms with E-state index in [2.05, 4.69) is 15.1 Å². The molecule has 0 saturated heterocycles. The van der Waals surface area contributed by atoms with Crippen LogP contribution in [-0.2, 0) is 31.9 Å². The van der Waals surface area contributed by atoms with Crippen LogP contribution >= 0.6 is 0 Å². The molecule has 0 atom stereocenters. The highest BCUT2D eigenvalue weighted by Crippen LogP contribution is 2.27. The van der Waals surface area contributed by atoms with Crippen LogP contribution in [0.5, 0.6) is 0 Å². The number of esters is 1. The third-order valence-electron chi connectivity index (χ3n) is 3.70. The van der Waals surface area contributed by atoms with Crippen LogP contribution in [0, 0.1) is 0 Å². The molecule has 0 fully saturated rings. The minimum absolute atomic E-state index is 0.0184. The average Bonchev–Trinajstić information content (AvgIpc) is 2.71. The molecule has 0 amide bonds. The molecule has 0 aliphatic heterocycles. The van der Waals surface area contributed by atoms with Crippen molar-refractivity contribution >= 4 is 17.3 Å². The second-order valence-electron chi connectivity index (χ2n) is 5.65. The number of nitrogens with zero attached hydrogens (tertiary/aromatic N) is 3. The van der Waals surface area contributed by atoms with Crippen LogP contribution in [0.2, 0.25) is 0 Å². The van der Waals surface area contributed by atoms with Crippen LogP contribution < -0.4 is 0 Å². The standard InChI is InChI=1S/C19H18F3N3O4/c1-12(16-8-17(19(20,21)22)24-11-23-16)25-29-9-13-6-4-5-7-14(13)15(10-27-2)18(26)28-3/h4-8,10-11H,9H2,1-3H3/b15-10+,25-12+. The summed E-state index contributed by atoms with van der Waals surface area (Å²) in [5, 5.41) is 3.82. The summed E-state index contributed by atoms with van der Waals surface area (Å²) in [5.41, 5.74) is 0.327. The van der Waals surface area contributed by atoms with Gasteiger partial charge in [0.05, 0.1) is 26.2 Å². The third-order valence-corrected chi connectivity index (χ3v) is 3.70. The number of methoxy groups -OCH3 is 2. The van der Waals surface area contributed by atoms with Crippen molar-refractivity contribution in [2.75, 3.05) is 14.2 Å². The SMILES string of the molecule is CO/C=C(/C(=O)OC)c1ccccc1CO/N=C(\C)c1cc(C(F)(F)F)ncn1. The first-order chi connectivity index (χ1) is 13.8. The number of rotatable bonds is 7. The number of carbonyl (C=O) groups is 1. The minimum atomic E-state index is -4.59. The summed E-state index contributed by atoms with van der Waals surface area (Å²) in [6, 6.07) is 7.63. The van der Waals surface area contributed by atoms with Crippen LogP contribution in [0.15, 0.2) is 48.1 Å². The summed E-state index contributed by atoms with van der Waals surface area (Å²) < 4.78 is 48.0. The van der Waals surface area contributed by atoms with Gasteiger partial charge in [0.1, 0.15) is 29.9 Å². The lowest BCUT2D eigenvalue weighted by molar-refractivity contribution is -0.141. The lowest BCUT2D eigenvalue weighted by Gasteiger charge is -2.11. The summed E-state index contributed by atoms with van der Waals surface area (Å²) >= 11 is 0. The smallest absolute Gasteiger partial charge is 0.433 e. The van der Waals surface area contributed by atoms with Gasteiger partial charge in [-0.25, -0.2) is 14.8 Å². The van der Waals surface area contributed by atoms with Gasteiger partial charge in [-0.2, -0.15) is 13.2 Å². The van der Waals surface area contributed by atoms with Gasteiger partial charge in [-0.3, -0.25) is 0 Å². The van der Waals surface area contributed by atoms with Crippen molar-refractivity contribution in [2.24, 2.45) is 5.16 Å². The van der Waals surface area contributed by atoms with Gasteiger partial charge in [0.25, 0.3) is 0 Å². The first kappa shape index (κ1) is 21.9. The van der Waals surface area contributed by atoms with E-state index in [4.69, 9.17) is 14.3 Å². The topological polar surface area (TPSA) is 82.9 Å². The van der Waals surface area contributed by atoms with E-state index in [9.17, 15) is 18.0 Å². The van der Waals surface area contributed by atoms with Crippen molar-refractivity contribution in [1.82, 2.24) is 9.97 Å². The maximum absolute atomic E-state index is 12.8. The molecule has 0 aliphatic carbocycles. The lowest BCUT2D eigenvalue weighted by atomic mass is 10.0. The molecular formula is C19H18F3N3O4. The van der Waals surface area contributed by atoms with Crippen molar-refractivity contribution in [3.8, 4) is 0 Å². The monoisotopic (exact) mass is 409 g/mol. The van der Waals surface area contributed by atoms with Gasteiger partial charge in [0.2, 0.25) is 0 Å². The molecule has 1 aromatic heterocycles. The molecule has 0 radical (unpaired) electrons. The quantitative estimate of drug-likeness (QED) is 0.229. The number of hydrogen-bond donors (Lipinski definition) is 0. The predicted molar refractivity (Wildman–Crippen MR) is 97.5 cm³/mol. The average molecular weight is 409 g/mol. The molecule has 0 spiro atoms. The zero-order chi connectivity index (χ0) is 21.4. The van der Waals surface area contributed by atoms with Gasteiger partial charge in [0, 0.05) is 5.56 Å². The van der Waals surface area contributed by atoms with Gasteiger partial charge in [0.15, 0.2) is 0 Å². The zero-order valence-corrected chi connectivity index (χ0v) is 15.9. The van der Waals surface area contributed by atoms with E-state index in [0.29, 0.717) is 11.1 Å². The summed E-state index contributed by atoms with van der Waals surface area (Å²) in [4.78, 5) is 24.2. The van der Waals surface area contributed by atoms with Crippen molar-refractivity contribution < 1.29 is 32.3 Å². The van der Waals surface area contributed by atoms with E-state index in [1.165, 1.54) is 27.4 Å². The fraction of sp³-hybridized carbons (Fsp3) is 0.263. The normalized spacial score (nSPS) is 12.5. The van der Waals surface area contributed by atoms with Crippen molar-refractivity contribution in [3.63, 3.8) is 0 Å². The van der Waals surface area contributed by atoms with E-state index < -0.39 is 17.8 Å². The number of ether oxygens (including phenoxy) is 2. The van der Waals surface area contributed by atoms with Gasteiger partial charge >= 0.3 is 12.1 Å². The molecule has 0 aliphatic rings. The summed E-state index contributed by atoms with van der Waals surface area (Å²) in [7, 11) is 2.64. The molecule has 1 aromatic carbocycles. The van der Waals surface area contributed by atoms with E-state index in [-0.39, 0.29) is 23.6 Å². The van der Waals surface area contributed by atoms with Crippen molar-refractivity contribution in [1.29, 1.82) is 0 Å². The minimum Gasteiger partial charge on any atom is -0.503 e. The molecule has 0 saturated carbocycles. The van der Waals surface area contributed by atoms with Crippen LogP contribution in [0.4, 0.5) is 13.2 Å². The molecule has 10 heteroatoms. The molecule has 29 heavy (non-hydrogen) atoms. The molecule has 7 nitrogen and oxygen atoms in total. The van der Waals surface area contributed by atoms with E-state index in [0.717, 1.165) is 12.4 Å². The molecule has 2 rings (SSSR count). The second kappa shape index (κ2) is 9.67. The Morgan fingerprint density at radius 2 is 1.93 bits per heavy atom. The Morgan fingerprint density at radius 3 is 2.59 bits per heavy atom. The number of hydrogen-bond acceptors (Lipinski definition) is 7. The molecular weight excluding hydrogens is 391 g/mol. The Morgan fingerprint density at radius 1 is 1.21 bits per heavy atom. The summed E-state index contributed by atoms with van der Waals surface area (Å²) in [6.07, 6.45) is -2.53. The lowest BCUT2D eigenvalue weighted by Crippen LogP contribution is -2.11. The highest BCUT2D eigenvalue weighted by atomic mass is 19.4. The van der Waals surface area contributed by atoms with Crippen LogP contribution in [0.1, 0.15) is 29.4 Å². The Bertz CT molecular complexity index is 927. The van der Waals surface area contributed by atoms with Crippen molar-refractivity contribution in [3.05, 3.63) is 65.4 Å². The Hall–Kier alpha value is -3.43. The van der Waals surface area contributed by atoms with Crippen LogP contribution in [0.25, 0.3) is 5.57 Å². The first-order valence-electron chi connectivity index (χ1n) is 8.23. The van der Waals surface area contributed by atoms with E-state index >= 15 is 0 Å². The third kappa shape index (κ3) is 5.77. The molecule has 0 unspecified atom stereocenters. The fourth-order valence-electron chi connectivity index (χ4n) is 2.31. The maximum atomic E-state index is 12.8. The molecule has 2 aromatic rings. The second-order valence-corrected chi connectivity index (χ2v) is 5.65.